The van der Waals surface area contributed by atoms with Gasteiger partial charge in [-0.2, -0.15) is 0 Å². The van der Waals surface area contributed by atoms with Crippen LogP contribution in [0.2, 0.25) is 0 Å². The monoisotopic (exact) mass is 307 g/mol. The van der Waals surface area contributed by atoms with Crippen molar-refractivity contribution in [1.29, 1.82) is 0 Å². The van der Waals surface area contributed by atoms with Crippen LogP contribution < -0.4 is 5.32 Å². The number of aromatic nitrogens is 1. The fourth-order valence-electron chi connectivity index (χ4n) is 2.76. The fourth-order valence-corrected chi connectivity index (χ4v) is 3.54. The number of thiazole rings is 1. The highest BCUT2D eigenvalue weighted by Gasteiger charge is 2.40. The molecule has 3 rings (SSSR count). The number of amides is 2. The molecule has 2 saturated carbocycles. The minimum atomic E-state index is 0.103. The Morgan fingerprint density at radius 1 is 1.33 bits per heavy atom. The van der Waals surface area contributed by atoms with Gasteiger partial charge in [0.05, 0.1) is 6.04 Å². The molecule has 2 aliphatic carbocycles. The summed E-state index contributed by atoms with van der Waals surface area (Å²) in [5.74, 6) is 1.06. The van der Waals surface area contributed by atoms with E-state index >= 15 is 0 Å². The van der Waals surface area contributed by atoms with Gasteiger partial charge >= 0.3 is 6.03 Å². The summed E-state index contributed by atoms with van der Waals surface area (Å²) in [7, 11) is 0. The number of hydrogen-bond donors (Lipinski definition) is 1. The Morgan fingerprint density at radius 3 is 2.52 bits per heavy atom. The molecule has 0 unspecified atom stereocenters. The predicted molar refractivity (Wildman–Crippen MR) is 85.3 cm³/mol. The van der Waals surface area contributed by atoms with Crippen LogP contribution in [0.15, 0.2) is 11.6 Å². The highest BCUT2D eigenvalue weighted by atomic mass is 32.1. The molecular weight excluding hydrogens is 282 g/mol. The van der Waals surface area contributed by atoms with Crippen molar-refractivity contribution >= 4 is 17.4 Å². The molecule has 0 saturated heterocycles. The van der Waals surface area contributed by atoms with Gasteiger partial charge in [-0.15, -0.1) is 11.3 Å². The fraction of sp³-hybridized carbons (Fsp3) is 0.750. The number of urea groups is 1. The van der Waals surface area contributed by atoms with Crippen molar-refractivity contribution in [2.24, 2.45) is 11.8 Å². The lowest BCUT2D eigenvalue weighted by Crippen LogP contribution is -2.49. The Bertz CT molecular complexity index is 480. The van der Waals surface area contributed by atoms with E-state index in [0.29, 0.717) is 17.9 Å². The first-order chi connectivity index (χ1) is 10.1. The average molecular weight is 307 g/mol. The first kappa shape index (κ1) is 14.8. The van der Waals surface area contributed by atoms with Gasteiger partial charge in [-0.1, -0.05) is 13.8 Å². The molecule has 21 heavy (non-hydrogen) atoms. The number of hydrogen-bond acceptors (Lipinski definition) is 3. The van der Waals surface area contributed by atoms with Crippen LogP contribution in [0, 0.1) is 11.8 Å². The molecule has 1 N–H and O–H groups in total. The van der Waals surface area contributed by atoms with E-state index in [-0.39, 0.29) is 18.1 Å². The highest BCUT2D eigenvalue weighted by molar-refractivity contribution is 7.09. The molecule has 1 heterocycles. The lowest BCUT2D eigenvalue weighted by Gasteiger charge is -2.33. The molecule has 2 atom stereocenters. The summed E-state index contributed by atoms with van der Waals surface area (Å²) < 4.78 is 0. The van der Waals surface area contributed by atoms with Crippen molar-refractivity contribution in [3.05, 3.63) is 16.6 Å². The first-order valence-corrected chi connectivity index (χ1v) is 8.94. The molecule has 0 aromatic carbocycles. The van der Waals surface area contributed by atoms with E-state index in [1.54, 1.807) is 11.3 Å². The molecule has 2 aliphatic rings. The molecule has 4 nitrogen and oxygen atoms in total. The summed E-state index contributed by atoms with van der Waals surface area (Å²) in [5, 5.41) is 6.32. The quantitative estimate of drug-likeness (QED) is 0.868. The summed E-state index contributed by atoms with van der Waals surface area (Å²) in [6.07, 6.45) is 6.53. The molecule has 0 spiro atoms. The topological polar surface area (TPSA) is 45.2 Å². The zero-order chi connectivity index (χ0) is 15.0. The molecule has 0 radical (unpaired) electrons. The Morgan fingerprint density at radius 2 is 2.05 bits per heavy atom. The minimum Gasteiger partial charge on any atom is -0.328 e. The van der Waals surface area contributed by atoms with Gasteiger partial charge < -0.3 is 10.2 Å². The smallest absolute Gasteiger partial charge is 0.318 e. The van der Waals surface area contributed by atoms with Gasteiger partial charge in [-0.3, -0.25) is 0 Å². The Balaban J connectivity index is 1.70. The zero-order valence-corrected chi connectivity index (χ0v) is 13.9. The van der Waals surface area contributed by atoms with Crippen LogP contribution in [0.5, 0.6) is 0 Å². The summed E-state index contributed by atoms with van der Waals surface area (Å²) >= 11 is 1.65. The summed E-state index contributed by atoms with van der Waals surface area (Å²) in [4.78, 5) is 19.3. The molecule has 5 heteroatoms. The number of nitrogens with one attached hydrogen (secondary N) is 1. The normalized spacial score (nSPS) is 21.1. The van der Waals surface area contributed by atoms with Gasteiger partial charge in [0.25, 0.3) is 0 Å². The third-order valence-electron chi connectivity index (χ3n) is 4.67. The van der Waals surface area contributed by atoms with Crippen molar-refractivity contribution in [3.63, 3.8) is 0 Å². The van der Waals surface area contributed by atoms with Crippen LogP contribution in [0.25, 0.3) is 0 Å². The lowest BCUT2D eigenvalue weighted by atomic mass is 10.0. The van der Waals surface area contributed by atoms with E-state index in [9.17, 15) is 4.79 Å². The highest BCUT2D eigenvalue weighted by Crippen LogP contribution is 2.42. The standard InChI is InChI=1S/C16H25N3OS/c1-10(2)11(3)19(13-6-7-13)16(20)18-14(12-4-5-12)15-17-8-9-21-15/h8-14H,4-7H2,1-3H3,(H,18,20)/t11-,14-/m1/s1. The maximum Gasteiger partial charge on any atom is 0.318 e. The van der Waals surface area contributed by atoms with E-state index < -0.39 is 0 Å². The van der Waals surface area contributed by atoms with Crippen molar-refractivity contribution in [2.75, 3.05) is 0 Å². The van der Waals surface area contributed by atoms with Gasteiger partial charge in [0.2, 0.25) is 0 Å². The second kappa shape index (κ2) is 5.95. The third-order valence-corrected chi connectivity index (χ3v) is 5.53. The van der Waals surface area contributed by atoms with Crippen molar-refractivity contribution < 1.29 is 4.79 Å². The Labute approximate surface area is 130 Å². The third kappa shape index (κ3) is 3.39. The van der Waals surface area contributed by atoms with Crippen LogP contribution in [-0.4, -0.2) is 28.0 Å². The molecule has 116 valence electrons. The second-order valence-electron chi connectivity index (χ2n) is 6.76. The SMILES string of the molecule is CC(C)[C@@H](C)N(C(=O)N[C@@H](c1nccs1)C1CC1)C1CC1. The number of nitrogens with zero attached hydrogens (tertiary/aromatic N) is 2. The maximum atomic E-state index is 12.8. The molecule has 2 amide bonds. The predicted octanol–water partition coefficient (Wildman–Crippen LogP) is 3.81. The minimum absolute atomic E-state index is 0.103. The lowest BCUT2D eigenvalue weighted by molar-refractivity contribution is 0.152. The van der Waals surface area contributed by atoms with E-state index in [1.165, 1.54) is 12.8 Å². The van der Waals surface area contributed by atoms with E-state index in [1.807, 2.05) is 11.6 Å². The maximum absolute atomic E-state index is 12.8. The zero-order valence-electron chi connectivity index (χ0n) is 13.1. The summed E-state index contributed by atoms with van der Waals surface area (Å²) in [6, 6.07) is 0.941. The molecule has 1 aromatic rings. The molecule has 0 aliphatic heterocycles. The van der Waals surface area contributed by atoms with Gasteiger partial charge in [0.1, 0.15) is 5.01 Å². The summed E-state index contributed by atoms with van der Waals surface area (Å²) in [5.41, 5.74) is 0. The van der Waals surface area contributed by atoms with Gasteiger partial charge in [0, 0.05) is 23.7 Å². The average Bonchev–Trinajstić information content (AvgIpc) is 3.36. The number of rotatable bonds is 6. The van der Waals surface area contributed by atoms with Gasteiger partial charge in [-0.05, 0) is 44.4 Å². The second-order valence-corrected chi connectivity index (χ2v) is 7.68. The largest absolute Gasteiger partial charge is 0.328 e. The Hall–Kier alpha value is -1.10. The Kier molecular flexibility index (Phi) is 4.20. The van der Waals surface area contributed by atoms with Crippen molar-refractivity contribution in [2.45, 2.75) is 64.6 Å². The molecule has 1 aromatic heterocycles. The van der Waals surface area contributed by atoms with E-state index in [4.69, 9.17) is 0 Å². The molecule has 0 bridgehead atoms. The first-order valence-electron chi connectivity index (χ1n) is 8.06. The molecule has 2 fully saturated rings. The van der Waals surface area contributed by atoms with Gasteiger partial charge in [0.15, 0.2) is 0 Å². The van der Waals surface area contributed by atoms with Crippen LogP contribution in [0.4, 0.5) is 4.79 Å². The van der Waals surface area contributed by atoms with Crippen molar-refractivity contribution in [3.8, 4) is 0 Å². The summed E-state index contributed by atoms with van der Waals surface area (Å²) in [6.45, 7) is 6.54. The van der Waals surface area contributed by atoms with Crippen molar-refractivity contribution in [1.82, 2.24) is 15.2 Å². The van der Waals surface area contributed by atoms with E-state index in [2.05, 4.69) is 36.0 Å². The van der Waals surface area contributed by atoms with Crippen LogP contribution in [0.3, 0.4) is 0 Å². The van der Waals surface area contributed by atoms with Crippen LogP contribution in [-0.2, 0) is 0 Å². The van der Waals surface area contributed by atoms with Crippen LogP contribution >= 0.6 is 11.3 Å². The molecular formula is C16H25N3OS. The number of carbonyl (C=O) groups is 1. The number of carbonyl (C=O) groups excluding carboxylic acids is 1. The van der Waals surface area contributed by atoms with Crippen LogP contribution in [0.1, 0.15) is 57.5 Å². The van der Waals surface area contributed by atoms with E-state index in [0.717, 1.165) is 17.8 Å². The van der Waals surface area contributed by atoms with Gasteiger partial charge in [-0.25, -0.2) is 9.78 Å².